The van der Waals surface area contributed by atoms with Gasteiger partial charge >= 0.3 is 0 Å². The van der Waals surface area contributed by atoms with Crippen molar-refractivity contribution in [3.8, 4) is 0 Å². The molecule has 1 aliphatic rings. The quantitative estimate of drug-likeness (QED) is 0.508. The number of hydrogen-bond acceptors (Lipinski definition) is 5. The Morgan fingerprint density at radius 1 is 1.47 bits per heavy atom. The largest absolute Gasteiger partial charge is 0.350 e. The molecule has 1 aliphatic heterocycles. The van der Waals surface area contributed by atoms with Gasteiger partial charge in [-0.1, -0.05) is 12.1 Å². The van der Waals surface area contributed by atoms with Crippen LogP contribution >= 0.6 is 0 Å². The molecule has 0 aliphatic carbocycles. The summed E-state index contributed by atoms with van der Waals surface area (Å²) in [5, 5.41) is 13.3. The van der Waals surface area contributed by atoms with E-state index in [0.717, 1.165) is 5.56 Å². The fraction of sp³-hybridized carbons (Fsp3) is 0.364. The van der Waals surface area contributed by atoms with E-state index in [0.29, 0.717) is 0 Å². The van der Waals surface area contributed by atoms with E-state index in [4.69, 9.17) is 0 Å². The highest BCUT2D eigenvalue weighted by molar-refractivity contribution is 5.82. The van der Waals surface area contributed by atoms with Crippen molar-refractivity contribution in [1.29, 1.82) is 0 Å². The van der Waals surface area contributed by atoms with Gasteiger partial charge in [0.15, 0.2) is 6.04 Å². The molecule has 1 saturated heterocycles. The topological polar surface area (TPSA) is 96.3 Å². The van der Waals surface area contributed by atoms with Crippen molar-refractivity contribution >= 4 is 5.91 Å². The lowest BCUT2D eigenvalue weighted by molar-refractivity contribution is -0.517. The van der Waals surface area contributed by atoms with E-state index in [1.165, 1.54) is 12.1 Å². The summed E-state index contributed by atoms with van der Waals surface area (Å²) < 4.78 is 12.7. The second kappa shape index (κ2) is 5.72. The summed E-state index contributed by atoms with van der Waals surface area (Å²) in [6.45, 7) is 0.295. The van der Waals surface area contributed by atoms with E-state index in [1.807, 2.05) is 0 Å². The van der Waals surface area contributed by atoms with Gasteiger partial charge in [-0.05, 0) is 17.7 Å². The number of rotatable bonds is 4. The molecule has 19 heavy (non-hydrogen) atoms. The summed E-state index contributed by atoms with van der Waals surface area (Å²) in [5.41, 5.74) is 5.88. The number of nitrogens with one attached hydrogen (secondary N) is 3. The summed E-state index contributed by atoms with van der Waals surface area (Å²) in [7, 11) is 0. The first-order valence-electron chi connectivity index (χ1n) is 5.72. The molecule has 2 atom stereocenters. The van der Waals surface area contributed by atoms with Crippen molar-refractivity contribution in [2.45, 2.75) is 18.6 Å². The van der Waals surface area contributed by atoms with Gasteiger partial charge in [0, 0.05) is 11.5 Å². The third-order valence-corrected chi connectivity index (χ3v) is 2.89. The Balaban J connectivity index is 1.90. The molecular formula is C11H13FN4O3. The molecule has 0 radical (unpaired) electrons. The number of hydrazine groups is 1. The molecule has 0 spiro atoms. The summed E-state index contributed by atoms with van der Waals surface area (Å²) in [6, 6.07) is 3.76. The third-order valence-electron chi connectivity index (χ3n) is 2.89. The van der Waals surface area contributed by atoms with Crippen molar-refractivity contribution in [2.75, 3.05) is 6.54 Å². The molecule has 0 aromatic heterocycles. The van der Waals surface area contributed by atoms with Gasteiger partial charge in [0.2, 0.25) is 5.91 Å². The first kappa shape index (κ1) is 13.4. The normalized spacial score (nSPS) is 22.2. The zero-order valence-corrected chi connectivity index (χ0v) is 9.93. The second-order valence-corrected chi connectivity index (χ2v) is 4.20. The molecule has 102 valence electrons. The van der Waals surface area contributed by atoms with Gasteiger partial charge in [0.1, 0.15) is 5.82 Å². The van der Waals surface area contributed by atoms with E-state index in [9.17, 15) is 19.3 Å². The van der Waals surface area contributed by atoms with Crippen molar-refractivity contribution < 1.29 is 14.1 Å². The predicted octanol–water partition coefficient (Wildman–Crippen LogP) is -0.436. The van der Waals surface area contributed by atoms with E-state index in [1.54, 1.807) is 12.1 Å². The molecule has 1 aromatic rings. The van der Waals surface area contributed by atoms with Crippen molar-refractivity contribution in [3.63, 3.8) is 0 Å². The minimum absolute atomic E-state index is 0.0988. The number of benzene rings is 1. The van der Waals surface area contributed by atoms with E-state index < -0.39 is 22.9 Å². The van der Waals surface area contributed by atoms with Crippen molar-refractivity contribution in [3.05, 3.63) is 45.8 Å². The fourth-order valence-electron chi connectivity index (χ4n) is 1.83. The van der Waals surface area contributed by atoms with E-state index in [-0.39, 0.29) is 18.9 Å². The van der Waals surface area contributed by atoms with Crippen LogP contribution < -0.4 is 16.2 Å². The number of halogens is 1. The van der Waals surface area contributed by atoms with Crippen LogP contribution in [-0.2, 0) is 11.3 Å². The SMILES string of the molecule is O=C(NCc1ccc(F)cc1)C1NNCC1[N+](=O)[O-]. The van der Waals surface area contributed by atoms with Crippen LogP contribution in [0.5, 0.6) is 0 Å². The Morgan fingerprint density at radius 2 is 2.16 bits per heavy atom. The van der Waals surface area contributed by atoms with Crippen LogP contribution in [0, 0.1) is 15.9 Å². The molecule has 2 unspecified atom stereocenters. The maximum absolute atomic E-state index is 12.7. The summed E-state index contributed by atoms with van der Waals surface area (Å²) in [6.07, 6.45) is 0. The van der Waals surface area contributed by atoms with Crippen LogP contribution in [0.15, 0.2) is 24.3 Å². The average Bonchev–Trinajstić information content (AvgIpc) is 2.87. The number of carbonyl (C=O) groups is 1. The molecule has 1 heterocycles. The molecule has 1 amide bonds. The Hall–Kier alpha value is -2.06. The van der Waals surface area contributed by atoms with Crippen LogP contribution in [0.2, 0.25) is 0 Å². The maximum Gasteiger partial charge on any atom is 0.252 e. The van der Waals surface area contributed by atoms with Crippen LogP contribution in [0.4, 0.5) is 4.39 Å². The van der Waals surface area contributed by atoms with Gasteiger partial charge < -0.3 is 5.32 Å². The van der Waals surface area contributed by atoms with Gasteiger partial charge in [-0.2, -0.15) is 0 Å². The number of amides is 1. The monoisotopic (exact) mass is 268 g/mol. The highest BCUT2D eigenvalue weighted by atomic mass is 19.1. The van der Waals surface area contributed by atoms with Crippen molar-refractivity contribution in [1.82, 2.24) is 16.2 Å². The first-order valence-corrected chi connectivity index (χ1v) is 5.72. The Morgan fingerprint density at radius 3 is 2.79 bits per heavy atom. The van der Waals surface area contributed by atoms with E-state index in [2.05, 4.69) is 16.2 Å². The summed E-state index contributed by atoms with van der Waals surface area (Å²) in [5.74, 6) is -0.818. The Bertz CT molecular complexity index is 479. The van der Waals surface area contributed by atoms with E-state index >= 15 is 0 Å². The van der Waals surface area contributed by atoms with Gasteiger partial charge in [-0.15, -0.1) is 0 Å². The lowest BCUT2D eigenvalue weighted by atomic mass is 10.1. The smallest absolute Gasteiger partial charge is 0.252 e. The molecule has 7 nitrogen and oxygen atoms in total. The number of hydrogen-bond donors (Lipinski definition) is 3. The summed E-state index contributed by atoms with van der Waals surface area (Å²) in [4.78, 5) is 22.0. The Labute approximate surface area is 108 Å². The standard InChI is InChI=1S/C11H13FN4O3/c12-8-3-1-7(2-4-8)5-13-11(17)10-9(16(18)19)6-14-15-10/h1-4,9-10,14-15H,5-6H2,(H,13,17). The molecule has 1 fully saturated rings. The van der Waals surface area contributed by atoms with Crippen LogP contribution in [0.25, 0.3) is 0 Å². The van der Waals surface area contributed by atoms with Gasteiger partial charge in [0.05, 0.1) is 6.54 Å². The maximum atomic E-state index is 12.7. The third kappa shape index (κ3) is 3.24. The van der Waals surface area contributed by atoms with Crippen LogP contribution in [0.3, 0.4) is 0 Å². The molecular weight excluding hydrogens is 255 g/mol. The predicted molar refractivity (Wildman–Crippen MR) is 64.0 cm³/mol. The zero-order valence-electron chi connectivity index (χ0n) is 9.93. The first-order chi connectivity index (χ1) is 9.08. The average molecular weight is 268 g/mol. The fourth-order valence-corrected chi connectivity index (χ4v) is 1.83. The second-order valence-electron chi connectivity index (χ2n) is 4.20. The van der Waals surface area contributed by atoms with Gasteiger partial charge in [-0.3, -0.25) is 14.9 Å². The number of nitrogens with zero attached hydrogens (tertiary/aromatic N) is 1. The zero-order chi connectivity index (χ0) is 13.8. The summed E-state index contributed by atoms with van der Waals surface area (Å²) >= 11 is 0. The lowest BCUT2D eigenvalue weighted by Crippen LogP contribution is -2.49. The van der Waals surface area contributed by atoms with Crippen LogP contribution in [-0.4, -0.2) is 29.5 Å². The number of carbonyl (C=O) groups excluding carboxylic acids is 1. The highest BCUT2D eigenvalue weighted by Gasteiger charge is 2.41. The minimum atomic E-state index is -0.992. The molecule has 0 saturated carbocycles. The molecule has 1 aromatic carbocycles. The molecule has 2 rings (SSSR count). The lowest BCUT2D eigenvalue weighted by Gasteiger charge is -2.12. The van der Waals surface area contributed by atoms with Crippen LogP contribution in [0.1, 0.15) is 5.56 Å². The highest BCUT2D eigenvalue weighted by Crippen LogP contribution is 2.05. The number of nitro groups is 1. The molecule has 3 N–H and O–H groups in total. The Kier molecular flexibility index (Phi) is 4.03. The van der Waals surface area contributed by atoms with Gasteiger partial charge in [-0.25, -0.2) is 15.2 Å². The van der Waals surface area contributed by atoms with Gasteiger partial charge in [0.25, 0.3) is 6.04 Å². The van der Waals surface area contributed by atoms with Crippen molar-refractivity contribution in [2.24, 2.45) is 0 Å². The molecule has 8 heteroatoms. The molecule has 0 bridgehead atoms. The minimum Gasteiger partial charge on any atom is -0.350 e.